The summed E-state index contributed by atoms with van der Waals surface area (Å²) in [5.74, 6) is 2.59. The number of hydrogen-bond donors (Lipinski definition) is 1. The molecule has 11 rings (SSSR count). The van der Waals surface area contributed by atoms with E-state index < -0.39 is 0 Å². The van der Waals surface area contributed by atoms with Crippen LogP contribution in [0, 0.1) is 0 Å². The van der Waals surface area contributed by atoms with Crippen molar-refractivity contribution in [1.29, 1.82) is 0 Å². The normalized spacial score (nSPS) is 21.6. The summed E-state index contributed by atoms with van der Waals surface area (Å²) in [6.45, 7) is 12.1. The van der Waals surface area contributed by atoms with Gasteiger partial charge in [0.25, 0.3) is 0 Å². The van der Waals surface area contributed by atoms with Crippen molar-refractivity contribution in [3.8, 4) is 0 Å². The van der Waals surface area contributed by atoms with Gasteiger partial charge in [0.2, 0.25) is 0 Å². The molecular weight excluding hydrogens is 605 g/mol. The maximum absolute atomic E-state index is 5.06. The summed E-state index contributed by atoms with van der Waals surface area (Å²) in [5.41, 5.74) is 12.4. The van der Waals surface area contributed by atoms with Crippen LogP contribution in [0.15, 0.2) is 54.6 Å². The van der Waals surface area contributed by atoms with Crippen LogP contribution in [-0.4, -0.2) is 72.1 Å². The second kappa shape index (κ2) is 12.6. The van der Waals surface area contributed by atoms with E-state index in [2.05, 4.69) is 83.7 Å². The number of nitrogens with zero attached hydrogens (tertiary/aromatic N) is 7. The molecule has 6 heterocycles. The smallest absolute Gasteiger partial charge is 0.111 e. The van der Waals surface area contributed by atoms with Crippen LogP contribution in [0.4, 0.5) is 0 Å². The largest absolute Gasteiger partial charge is 0.327 e. The molecule has 8 heteroatoms. The molecule has 0 radical (unpaired) electrons. The molecule has 6 aliphatic rings. The van der Waals surface area contributed by atoms with E-state index in [4.69, 9.17) is 9.97 Å². The fourth-order valence-corrected chi connectivity index (χ4v) is 9.34. The SMILES string of the molecule is c1c2c(cc3c1nc1n3CCN(C3CCC3)CC1)CNC2.c1ccc(CN2Cc3cc4nc5n(c4cc3C2)CCN(C2CCC2)CC5)cc1. The van der Waals surface area contributed by atoms with Crippen molar-refractivity contribution in [1.82, 2.24) is 39.1 Å². The molecule has 8 nitrogen and oxygen atoms in total. The lowest BCUT2D eigenvalue weighted by Gasteiger charge is -2.36. The Morgan fingerprint density at radius 2 is 1.12 bits per heavy atom. The Kier molecular flexibility index (Phi) is 7.81. The van der Waals surface area contributed by atoms with Gasteiger partial charge in [-0.1, -0.05) is 43.2 Å². The average molecular weight is 655 g/mol. The van der Waals surface area contributed by atoms with Crippen molar-refractivity contribution >= 4 is 22.1 Å². The molecular formula is C41H50N8. The molecule has 0 unspecified atom stereocenters. The highest BCUT2D eigenvalue weighted by atomic mass is 15.2. The highest BCUT2D eigenvalue weighted by molar-refractivity contribution is 5.79. The Balaban J connectivity index is 0.000000130. The van der Waals surface area contributed by atoms with Gasteiger partial charge in [0, 0.05) is 96.9 Å². The van der Waals surface area contributed by atoms with Gasteiger partial charge in [-0.25, -0.2) is 9.97 Å². The topological polar surface area (TPSA) is 57.4 Å². The minimum atomic E-state index is 0.840. The minimum absolute atomic E-state index is 0.840. The van der Waals surface area contributed by atoms with Crippen LogP contribution in [0.2, 0.25) is 0 Å². The fraction of sp³-hybridized carbons (Fsp3) is 0.512. The average Bonchev–Trinajstić information content (AvgIpc) is 3.78. The number of benzene rings is 3. The lowest BCUT2D eigenvalue weighted by Crippen LogP contribution is -2.41. The lowest BCUT2D eigenvalue weighted by atomic mass is 9.91. The van der Waals surface area contributed by atoms with Gasteiger partial charge in [-0.15, -0.1) is 0 Å². The van der Waals surface area contributed by atoms with Crippen LogP contribution in [0.3, 0.4) is 0 Å². The van der Waals surface area contributed by atoms with Crippen molar-refractivity contribution in [2.24, 2.45) is 0 Å². The van der Waals surface area contributed by atoms with E-state index in [0.717, 1.165) is 70.7 Å². The van der Waals surface area contributed by atoms with Gasteiger partial charge in [0.1, 0.15) is 11.6 Å². The third-order valence-corrected chi connectivity index (χ3v) is 12.6. The van der Waals surface area contributed by atoms with Gasteiger partial charge in [0.05, 0.1) is 22.1 Å². The Morgan fingerprint density at radius 1 is 0.592 bits per heavy atom. The van der Waals surface area contributed by atoms with Crippen molar-refractivity contribution in [3.05, 3.63) is 94.1 Å². The standard InChI is InChI=1S/C24H28N4.C17H22N4/c1-2-5-18(6-3-1)15-26-16-19-13-22-23(14-20(19)17-26)28-12-11-27(21-7-4-8-21)10-9-24(28)25-22;1-2-14(3-1)20-5-4-17-19-15-8-12-10-18-11-13(12)9-16(15)21(17)7-6-20/h1-3,5-6,13-14,21H,4,7-12,15-17H2;8-9,14,18H,1-7,10-11H2. The zero-order valence-electron chi connectivity index (χ0n) is 28.9. The molecule has 0 atom stereocenters. The lowest BCUT2D eigenvalue weighted by molar-refractivity contribution is 0.130. The maximum Gasteiger partial charge on any atom is 0.111 e. The van der Waals surface area contributed by atoms with E-state index in [-0.39, 0.29) is 0 Å². The van der Waals surface area contributed by atoms with E-state index in [1.165, 1.54) is 126 Å². The monoisotopic (exact) mass is 654 g/mol. The molecule has 0 saturated heterocycles. The highest BCUT2D eigenvalue weighted by Crippen LogP contribution is 2.32. The van der Waals surface area contributed by atoms with Gasteiger partial charge in [0.15, 0.2) is 0 Å². The summed E-state index contributed by atoms with van der Waals surface area (Å²) >= 11 is 0. The minimum Gasteiger partial charge on any atom is -0.327 e. The van der Waals surface area contributed by atoms with Gasteiger partial charge in [-0.3, -0.25) is 14.7 Å². The predicted molar refractivity (Wildman–Crippen MR) is 195 cm³/mol. The zero-order chi connectivity index (χ0) is 32.3. The van der Waals surface area contributed by atoms with Crippen LogP contribution in [-0.2, 0) is 58.7 Å². The third kappa shape index (κ3) is 5.71. The second-order valence-electron chi connectivity index (χ2n) is 15.6. The van der Waals surface area contributed by atoms with Crippen LogP contribution < -0.4 is 5.32 Å². The van der Waals surface area contributed by atoms with E-state index in [1.54, 1.807) is 0 Å². The first-order chi connectivity index (χ1) is 24.2. The molecule has 5 aromatic rings. The van der Waals surface area contributed by atoms with E-state index >= 15 is 0 Å². The quantitative estimate of drug-likeness (QED) is 0.256. The van der Waals surface area contributed by atoms with E-state index in [0.29, 0.717) is 0 Å². The first kappa shape index (κ1) is 30.3. The molecule has 49 heavy (non-hydrogen) atoms. The zero-order valence-corrected chi connectivity index (χ0v) is 28.9. The summed E-state index contributed by atoms with van der Waals surface area (Å²) in [7, 11) is 0. The molecule has 1 N–H and O–H groups in total. The predicted octanol–water partition coefficient (Wildman–Crippen LogP) is 6.01. The van der Waals surface area contributed by atoms with Gasteiger partial charge < -0.3 is 14.5 Å². The van der Waals surface area contributed by atoms with Crippen LogP contribution in [0.25, 0.3) is 22.1 Å². The molecule has 2 aliphatic carbocycles. The molecule has 0 bridgehead atoms. The number of fused-ring (bicyclic) bond motifs is 8. The molecule has 2 saturated carbocycles. The first-order valence-corrected chi connectivity index (χ1v) is 19.2. The molecule has 0 spiro atoms. The van der Waals surface area contributed by atoms with Crippen LogP contribution in [0.5, 0.6) is 0 Å². The van der Waals surface area contributed by atoms with Crippen LogP contribution >= 0.6 is 0 Å². The molecule has 3 aromatic carbocycles. The van der Waals surface area contributed by atoms with Crippen molar-refractivity contribution in [2.75, 3.05) is 26.2 Å². The summed E-state index contributed by atoms with van der Waals surface area (Å²) in [4.78, 5) is 17.9. The second-order valence-corrected chi connectivity index (χ2v) is 15.6. The fourth-order valence-electron chi connectivity index (χ4n) is 9.34. The molecule has 0 amide bonds. The number of hydrogen-bond acceptors (Lipinski definition) is 6. The molecule has 254 valence electrons. The van der Waals surface area contributed by atoms with E-state index in [1.807, 2.05) is 0 Å². The Bertz CT molecular complexity index is 1980. The molecule has 2 fully saturated rings. The van der Waals surface area contributed by atoms with Crippen molar-refractivity contribution < 1.29 is 0 Å². The molecule has 4 aliphatic heterocycles. The molecule has 2 aromatic heterocycles. The summed E-state index contributed by atoms with van der Waals surface area (Å²) < 4.78 is 4.99. The Labute approximate surface area is 290 Å². The van der Waals surface area contributed by atoms with Gasteiger partial charge in [-0.2, -0.15) is 0 Å². The van der Waals surface area contributed by atoms with Crippen LogP contribution in [0.1, 0.15) is 78.0 Å². The third-order valence-electron chi connectivity index (χ3n) is 12.6. The van der Waals surface area contributed by atoms with E-state index in [9.17, 15) is 0 Å². The number of nitrogens with one attached hydrogen (secondary N) is 1. The summed E-state index contributed by atoms with van der Waals surface area (Å²) in [6.07, 6.45) is 10.6. The first-order valence-electron chi connectivity index (χ1n) is 19.2. The summed E-state index contributed by atoms with van der Waals surface area (Å²) in [6, 6.07) is 22.0. The summed E-state index contributed by atoms with van der Waals surface area (Å²) in [5, 5.41) is 3.44. The highest BCUT2D eigenvalue weighted by Gasteiger charge is 2.29. The number of aromatic nitrogens is 4. The Hall–Kier alpha value is -3.56. The number of rotatable bonds is 4. The Morgan fingerprint density at radius 3 is 1.69 bits per heavy atom. The number of imidazole rings is 2. The maximum atomic E-state index is 5.06. The van der Waals surface area contributed by atoms with Gasteiger partial charge in [-0.05, 0) is 77.8 Å². The van der Waals surface area contributed by atoms with Gasteiger partial charge >= 0.3 is 0 Å². The van der Waals surface area contributed by atoms with Crippen molar-refractivity contribution in [3.63, 3.8) is 0 Å². The van der Waals surface area contributed by atoms with Crippen molar-refractivity contribution in [2.45, 2.75) is 109 Å².